The normalized spacial score (nSPS) is 14.1. The van der Waals surface area contributed by atoms with Crippen molar-refractivity contribution in [3.05, 3.63) is 29.6 Å². The van der Waals surface area contributed by atoms with Gasteiger partial charge in [0.2, 0.25) is 0 Å². The Labute approximate surface area is 84.1 Å². The highest BCUT2D eigenvalue weighted by molar-refractivity contribution is 5.42. The van der Waals surface area contributed by atoms with Crippen LogP contribution in [-0.4, -0.2) is 0 Å². The Morgan fingerprint density at radius 1 is 1.29 bits per heavy atom. The Morgan fingerprint density at radius 3 is 2.36 bits per heavy atom. The van der Waals surface area contributed by atoms with Crippen LogP contribution in [0.2, 0.25) is 0 Å². The summed E-state index contributed by atoms with van der Waals surface area (Å²) in [5.41, 5.74) is 12.4. The maximum absolute atomic E-state index is 13.4. The van der Waals surface area contributed by atoms with E-state index in [0.29, 0.717) is 11.3 Å². The lowest BCUT2D eigenvalue weighted by Crippen LogP contribution is -2.27. The molecule has 0 spiro atoms. The molecule has 0 saturated carbocycles. The van der Waals surface area contributed by atoms with Crippen molar-refractivity contribution in [2.24, 2.45) is 11.1 Å². The smallest absolute Gasteiger partial charge is 0.128 e. The summed E-state index contributed by atoms with van der Waals surface area (Å²) in [5.74, 6) is -0.290. The third-order valence-corrected chi connectivity index (χ3v) is 2.29. The SMILES string of the molecule is CC(C)(C)[C@H](N)c1cc(N)ccc1F. The van der Waals surface area contributed by atoms with Crippen molar-refractivity contribution in [2.45, 2.75) is 26.8 Å². The Bertz CT molecular complexity index is 329. The van der Waals surface area contributed by atoms with E-state index in [2.05, 4.69) is 0 Å². The van der Waals surface area contributed by atoms with Gasteiger partial charge in [-0.05, 0) is 23.6 Å². The summed E-state index contributed by atoms with van der Waals surface area (Å²) < 4.78 is 13.4. The largest absolute Gasteiger partial charge is 0.399 e. The van der Waals surface area contributed by atoms with Crippen LogP contribution in [0.3, 0.4) is 0 Å². The molecule has 14 heavy (non-hydrogen) atoms. The fourth-order valence-electron chi connectivity index (χ4n) is 1.27. The predicted molar refractivity (Wildman–Crippen MR) is 57.2 cm³/mol. The Balaban J connectivity index is 3.12. The van der Waals surface area contributed by atoms with Gasteiger partial charge in [0, 0.05) is 17.3 Å². The summed E-state index contributed by atoms with van der Waals surface area (Å²) in [6, 6.07) is 4.15. The lowest BCUT2D eigenvalue weighted by molar-refractivity contribution is 0.319. The van der Waals surface area contributed by atoms with Gasteiger partial charge >= 0.3 is 0 Å². The average molecular weight is 196 g/mol. The summed E-state index contributed by atoms with van der Waals surface area (Å²) in [5, 5.41) is 0. The molecule has 0 heterocycles. The van der Waals surface area contributed by atoms with Gasteiger partial charge in [-0.2, -0.15) is 0 Å². The minimum atomic E-state index is -0.342. The van der Waals surface area contributed by atoms with Gasteiger partial charge in [-0.3, -0.25) is 0 Å². The Hall–Kier alpha value is -1.09. The summed E-state index contributed by atoms with van der Waals surface area (Å²) in [7, 11) is 0. The van der Waals surface area contributed by atoms with Gasteiger partial charge < -0.3 is 11.5 Å². The van der Waals surface area contributed by atoms with E-state index in [0.717, 1.165) is 0 Å². The first-order valence-electron chi connectivity index (χ1n) is 4.63. The first-order chi connectivity index (χ1) is 6.32. The second-order valence-corrected chi connectivity index (χ2v) is 4.62. The van der Waals surface area contributed by atoms with Crippen molar-refractivity contribution in [3.63, 3.8) is 0 Å². The zero-order valence-corrected chi connectivity index (χ0v) is 8.84. The second-order valence-electron chi connectivity index (χ2n) is 4.62. The number of benzene rings is 1. The molecule has 1 aromatic carbocycles. The molecule has 0 unspecified atom stereocenters. The van der Waals surface area contributed by atoms with Crippen molar-refractivity contribution in [1.29, 1.82) is 0 Å². The molecule has 0 saturated heterocycles. The third-order valence-electron chi connectivity index (χ3n) is 2.29. The topological polar surface area (TPSA) is 52.0 Å². The van der Waals surface area contributed by atoms with E-state index in [1.807, 2.05) is 20.8 Å². The molecule has 0 radical (unpaired) electrons. The zero-order chi connectivity index (χ0) is 10.9. The molecule has 0 aromatic heterocycles. The van der Waals surface area contributed by atoms with Crippen LogP contribution in [0.1, 0.15) is 32.4 Å². The van der Waals surface area contributed by atoms with Crippen molar-refractivity contribution in [3.8, 4) is 0 Å². The molecule has 1 atom stereocenters. The highest BCUT2D eigenvalue weighted by Crippen LogP contribution is 2.32. The van der Waals surface area contributed by atoms with E-state index >= 15 is 0 Å². The highest BCUT2D eigenvalue weighted by atomic mass is 19.1. The standard InChI is InChI=1S/C11H17FN2/c1-11(2,3)10(14)8-6-7(13)4-5-9(8)12/h4-6,10H,13-14H2,1-3H3/t10-/m1/s1. The summed E-state index contributed by atoms with van der Waals surface area (Å²) in [6.07, 6.45) is 0. The molecule has 0 aliphatic heterocycles. The maximum Gasteiger partial charge on any atom is 0.128 e. The number of rotatable bonds is 1. The fraction of sp³-hybridized carbons (Fsp3) is 0.455. The van der Waals surface area contributed by atoms with Crippen LogP contribution >= 0.6 is 0 Å². The second kappa shape index (κ2) is 3.58. The third kappa shape index (κ3) is 2.23. The number of halogens is 1. The van der Waals surface area contributed by atoms with Crippen LogP contribution in [0.25, 0.3) is 0 Å². The van der Waals surface area contributed by atoms with Crippen LogP contribution in [-0.2, 0) is 0 Å². The van der Waals surface area contributed by atoms with Gasteiger partial charge in [0.15, 0.2) is 0 Å². The fourth-order valence-corrected chi connectivity index (χ4v) is 1.27. The Kier molecular flexibility index (Phi) is 2.81. The van der Waals surface area contributed by atoms with Crippen molar-refractivity contribution in [2.75, 3.05) is 5.73 Å². The lowest BCUT2D eigenvalue weighted by atomic mass is 9.83. The minimum Gasteiger partial charge on any atom is -0.399 e. The van der Waals surface area contributed by atoms with E-state index in [1.54, 1.807) is 6.07 Å². The van der Waals surface area contributed by atoms with E-state index in [9.17, 15) is 4.39 Å². The van der Waals surface area contributed by atoms with Crippen LogP contribution in [0.5, 0.6) is 0 Å². The number of hydrogen-bond donors (Lipinski definition) is 2. The first kappa shape index (κ1) is 11.0. The Morgan fingerprint density at radius 2 is 1.86 bits per heavy atom. The van der Waals surface area contributed by atoms with Gasteiger partial charge in [-0.1, -0.05) is 20.8 Å². The number of hydrogen-bond acceptors (Lipinski definition) is 2. The monoisotopic (exact) mass is 196 g/mol. The number of anilines is 1. The van der Waals surface area contributed by atoms with Gasteiger partial charge in [-0.25, -0.2) is 4.39 Å². The molecule has 2 nitrogen and oxygen atoms in total. The average Bonchev–Trinajstić information content (AvgIpc) is 2.06. The molecular formula is C11H17FN2. The van der Waals surface area contributed by atoms with Crippen LogP contribution in [0, 0.1) is 11.2 Å². The van der Waals surface area contributed by atoms with Crippen molar-refractivity contribution >= 4 is 5.69 Å². The first-order valence-corrected chi connectivity index (χ1v) is 4.63. The van der Waals surface area contributed by atoms with E-state index in [1.165, 1.54) is 12.1 Å². The van der Waals surface area contributed by atoms with Crippen molar-refractivity contribution < 1.29 is 4.39 Å². The molecule has 0 bridgehead atoms. The molecule has 78 valence electrons. The van der Waals surface area contributed by atoms with Crippen LogP contribution < -0.4 is 11.5 Å². The van der Waals surface area contributed by atoms with Gasteiger partial charge in [0.25, 0.3) is 0 Å². The van der Waals surface area contributed by atoms with Crippen LogP contribution in [0.4, 0.5) is 10.1 Å². The molecule has 0 aliphatic carbocycles. The highest BCUT2D eigenvalue weighted by Gasteiger charge is 2.24. The van der Waals surface area contributed by atoms with E-state index < -0.39 is 0 Å². The van der Waals surface area contributed by atoms with Crippen LogP contribution in [0.15, 0.2) is 18.2 Å². The summed E-state index contributed by atoms with van der Waals surface area (Å²) >= 11 is 0. The lowest BCUT2D eigenvalue weighted by Gasteiger charge is -2.27. The number of nitrogen functional groups attached to an aromatic ring is 1. The zero-order valence-electron chi connectivity index (χ0n) is 8.84. The van der Waals surface area contributed by atoms with E-state index in [-0.39, 0.29) is 17.3 Å². The van der Waals surface area contributed by atoms with Gasteiger partial charge in [-0.15, -0.1) is 0 Å². The molecule has 1 aromatic rings. The predicted octanol–water partition coefficient (Wildman–Crippen LogP) is 2.45. The van der Waals surface area contributed by atoms with E-state index in [4.69, 9.17) is 11.5 Å². The molecule has 0 aliphatic rings. The van der Waals surface area contributed by atoms with Crippen molar-refractivity contribution in [1.82, 2.24) is 0 Å². The summed E-state index contributed by atoms with van der Waals surface area (Å²) in [6.45, 7) is 5.92. The number of nitrogens with two attached hydrogens (primary N) is 2. The molecule has 1 rings (SSSR count). The maximum atomic E-state index is 13.4. The molecule has 0 amide bonds. The minimum absolute atomic E-state index is 0.172. The van der Waals surface area contributed by atoms with Gasteiger partial charge in [0.1, 0.15) is 5.82 Å². The molecule has 3 heteroatoms. The van der Waals surface area contributed by atoms with Gasteiger partial charge in [0.05, 0.1) is 0 Å². The molecule has 0 fully saturated rings. The quantitative estimate of drug-likeness (QED) is 0.678. The summed E-state index contributed by atoms with van der Waals surface area (Å²) in [4.78, 5) is 0. The molecular weight excluding hydrogens is 179 g/mol. The molecule has 4 N–H and O–H groups in total.